The summed E-state index contributed by atoms with van der Waals surface area (Å²) in [6, 6.07) is 27.2. The zero-order valence-corrected chi connectivity index (χ0v) is 20.2. The SMILES string of the molecule is COC(=O)C1=C[C@H](c2ccccc2)[C@@H](C)[C@H](NC(=O)OCc2ccccc2)N1c1ccccc1C. The van der Waals surface area contributed by atoms with Gasteiger partial charge in [0.15, 0.2) is 0 Å². The molecule has 0 spiro atoms. The van der Waals surface area contributed by atoms with Gasteiger partial charge in [0.1, 0.15) is 18.5 Å². The van der Waals surface area contributed by atoms with Gasteiger partial charge in [-0.1, -0.05) is 85.8 Å². The topological polar surface area (TPSA) is 67.9 Å². The molecule has 0 unspecified atom stereocenters. The lowest BCUT2D eigenvalue weighted by molar-refractivity contribution is -0.136. The van der Waals surface area contributed by atoms with Crippen LogP contribution >= 0.6 is 0 Å². The molecule has 1 N–H and O–H groups in total. The average Bonchev–Trinajstić information content (AvgIpc) is 2.89. The van der Waals surface area contributed by atoms with Crippen molar-refractivity contribution in [1.29, 1.82) is 0 Å². The van der Waals surface area contributed by atoms with Gasteiger partial charge in [-0.15, -0.1) is 0 Å². The molecule has 0 saturated heterocycles. The van der Waals surface area contributed by atoms with Gasteiger partial charge in [0, 0.05) is 17.5 Å². The first-order valence-corrected chi connectivity index (χ1v) is 11.7. The highest BCUT2D eigenvalue weighted by Crippen LogP contribution is 2.40. The number of anilines is 1. The quantitative estimate of drug-likeness (QED) is 0.479. The molecule has 3 aromatic carbocycles. The number of para-hydroxylation sites is 1. The van der Waals surface area contributed by atoms with Gasteiger partial charge in [-0.05, 0) is 35.8 Å². The second-order valence-corrected chi connectivity index (χ2v) is 8.65. The van der Waals surface area contributed by atoms with Crippen molar-refractivity contribution in [3.63, 3.8) is 0 Å². The van der Waals surface area contributed by atoms with E-state index < -0.39 is 18.2 Å². The summed E-state index contributed by atoms with van der Waals surface area (Å²) >= 11 is 0. The fourth-order valence-corrected chi connectivity index (χ4v) is 4.52. The Morgan fingerprint density at radius 1 is 0.914 bits per heavy atom. The third kappa shape index (κ3) is 5.38. The van der Waals surface area contributed by atoms with Crippen LogP contribution < -0.4 is 10.2 Å². The normalized spacial score (nSPS) is 19.5. The van der Waals surface area contributed by atoms with Gasteiger partial charge in [-0.2, -0.15) is 0 Å². The van der Waals surface area contributed by atoms with Gasteiger partial charge < -0.3 is 19.7 Å². The lowest BCUT2D eigenvalue weighted by Gasteiger charge is -2.44. The molecule has 3 atom stereocenters. The number of ether oxygens (including phenoxy) is 2. The second-order valence-electron chi connectivity index (χ2n) is 8.65. The first kappa shape index (κ1) is 24.1. The Morgan fingerprint density at radius 3 is 2.20 bits per heavy atom. The number of esters is 1. The number of benzene rings is 3. The minimum absolute atomic E-state index is 0.0883. The Hall–Kier alpha value is -4.06. The number of carbonyl (C=O) groups excluding carboxylic acids is 2. The van der Waals surface area contributed by atoms with Crippen molar-refractivity contribution < 1.29 is 19.1 Å². The summed E-state index contributed by atoms with van der Waals surface area (Å²) in [4.78, 5) is 27.9. The van der Waals surface area contributed by atoms with E-state index in [1.165, 1.54) is 7.11 Å². The van der Waals surface area contributed by atoms with Crippen LogP contribution in [0.5, 0.6) is 0 Å². The molecular formula is C29H30N2O4. The van der Waals surface area contributed by atoms with E-state index in [2.05, 4.69) is 12.2 Å². The molecular weight excluding hydrogens is 440 g/mol. The van der Waals surface area contributed by atoms with Crippen molar-refractivity contribution in [2.75, 3.05) is 12.0 Å². The minimum Gasteiger partial charge on any atom is -0.464 e. The maximum Gasteiger partial charge on any atom is 0.409 e. The molecule has 0 aliphatic carbocycles. The van der Waals surface area contributed by atoms with Gasteiger partial charge in [0.25, 0.3) is 0 Å². The summed E-state index contributed by atoms with van der Waals surface area (Å²) < 4.78 is 10.7. The lowest BCUT2D eigenvalue weighted by atomic mass is 9.80. The monoisotopic (exact) mass is 470 g/mol. The highest BCUT2D eigenvalue weighted by atomic mass is 16.5. The maximum absolute atomic E-state index is 13.0. The van der Waals surface area contributed by atoms with Crippen molar-refractivity contribution in [2.45, 2.75) is 32.5 Å². The third-order valence-electron chi connectivity index (χ3n) is 6.37. The standard InChI is InChI=1S/C29H30N2O4/c1-20-12-10-11-17-25(20)31-26(28(32)34-3)18-24(23-15-8-5-9-16-23)21(2)27(31)30-29(33)35-19-22-13-6-4-7-14-22/h4-18,21,24,27H,19H2,1-3H3,(H,30,33)/t21-,24+,27-/m1/s1. The molecule has 0 saturated carbocycles. The highest BCUT2D eigenvalue weighted by molar-refractivity contribution is 5.94. The number of amides is 1. The summed E-state index contributed by atoms with van der Waals surface area (Å²) in [6.45, 7) is 4.19. The zero-order valence-electron chi connectivity index (χ0n) is 20.2. The smallest absolute Gasteiger partial charge is 0.409 e. The number of allylic oxidation sites excluding steroid dienone is 1. The Bertz CT molecular complexity index is 1190. The Morgan fingerprint density at radius 2 is 1.54 bits per heavy atom. The molecule has 4 rings (SSSR count). The molecule has 6 nitrogen and oxygen atoms in total. The van der Waals surface area contributed by atoms with Crippen molar-refractivity contribution in [3.05, 3.63) is 113 Å². The van der Waals surface area contributed by atoms with Gasteiger partial charge in [0.05, 0.1) is 7.11 Å². The number of nitrogens with zero attached hydrogens (tertiary/aromatic N) is 1. The largest absolute Gasteiger partial charge is 0.464 e. The van der Waals surface area contributed by atoms with E-state index in [1.54, 1.807) is 0 Å². The molecule has 0 fully saturated rings. The number of carbonyl (C=O) groups is 2. The fourth-order valence-electron chi connectivity index (χ4n) is 4.52. The minimum atomic E-state index is -0.554. The molecule has 3 aromatic rings. The molecule has 0 radical (unpaired) electrons. The number of hydrogen-bond acceptors (Lipinski definition) is 5. The van der Waals surface area contributed by atoms with E-state index in [0.29, 0.717) is 5.70 Å². The van der Waals surface area contributed by atoms with Crippen LogP contribution in [0.3, 0.4) is 0 Å². The van der Waals surface area contributed by atoms with Crippen molar-refractivity contribution in [1.82, 2.24) is 5.32 Å². The number of nitrogens with one attached hydrogen (secondary N) is 1. The molecule has 0 bridgehead atoms. The second kappa shape index (κ2) is 10.9. The van der Waals surface area contributed by atoms with Crippen molar-refractivity contribution in [2.24, 2.45) is 5.92 Å². The van der Waals surface area contributed by atoms with Crippen LogP contribution in [0.25, 0.3) is 0 Å². The predicted octanol–water partition coefficient (Wildman–Crippen LogP) is 5.54. The average molecular weight is 471 g/mol. The summed E-state index contributed by atoms with van der Waals surface area (Å²) in [6.07, 6.45) is 0.831. The van der Waals surface area contributed by atoms with Crippen LogP contribution in [-0.2, 0) is 20.9 Å². The number of alkyl carbamates (subject to hydrolysis) is 1. The van der Waals surface area contributed by atoms with Crippen LogP contribution in [0.15, 0.2) is 96.7 Å². The van der Waals surface area contributed by atoms with Crippen LogP contribution in [0.4, 0.5) is 10.5 Å². The Labute approximate surface area is 206 Å². The van der Waals surface area contributed by atoms with E-state index in [1.807, 2.05) is 103 Å². The summed E-state index contributed by atoms with van der Waals surface area (Å²) in [5, 5.41) is 3.04. The zero-order chi connectivity index (χ0) is 24.8. The van der Waals surface area contributed by atoms with Crippen LogP contribution in [0.1, 0.15) is 29.5 Å². The van der Waals surface area contributed by atoms with Gasteiger partial charge >= 0.3 is 12.1 Å². The molecule has 1 aliphatic rings. The molecule has 6 heteroatoms. The van der Waals surface area contributed by atoms with Crippen LogP contribution in [0, 0.1) is 12.8 Å². The maximum atomic E-state index is 13.0. The summed E-state index contributed by atoms with van der Waals surface area (Å²) in [5.74, 6) is -0.676. The van der Waals surface area contributed by atoms with Crippen LogP contribution in [-0.4, -0.2) is 25.3 Å². The van der Waals surface area contributed by atoms with E-state index >= 15 is 0 Å². The van der Waals surface area contributed by atoms with Gasteiger partial charge in [-0.25, -0.2) is 9.59 Å². The first-order valence-electron chi connectivity index (χ1n) is 11.7. The van der Waals surface area contributed by atoms with E-state index in [0.717, 1.165) is 22.4 Å². The molecule has 35 heavy (non-hydrogen) atoms. The highest BCUT2D eigenvalue weighted by Gasteiger charge is 2.41. The van der Waals surface area contributed by atoms with E-state index in [4.69, 9.17) is 9.47 Å². The van der Waals surface area contributed by atoms with E-state index in [9.17, 15) is 9.59 Å². The number of aryl methyl sites for hydroxylation is 1. The van der Waals surface area contributed by atoms with Gasteiger partial charge in [-0.3, -0.25) is 0 Å². The third-order valence-corrected chi connectivity index (χ3v) is 6.37. The van der Waals surface area contributed by atoms with Gasteiger partial charge in [0.2, 0.25) is 0 Å². The number of hydrogen-bond donors (Lipinski definition) is 1. The fraction of sp³-hybridized carbons (Fsp3) is 0.241. The Balaban J connectivity index is 1.72. The first-order chi connectivity index (χ1) is 17.0. The molecule has 0 aromatic heterocycles. The summed E-state index contributed by atoms with van der Waals surface area (Å²) in [7, 11) is 1.37. The molecule has 1 amide bonds. The number of rotatable bonds is 6. The molecule has 1 heterocycles. The van der Waals surface area contributed by atoms with Crippen LogP contribution in [0.2, 0.25) is 0 Å². The summed E-state index contributed by atoms with van der Waals surface area (Å²) in [5.41, 5.74) is 4.11. The lowest BCUT2D eigenvalue weighted by Crippen LogP contribution is -2.56. The molecule has 1 aliphatic heterocycles. The van der Waals surface area contributed by atoms with Crippen molar-refractivity contribution in [3.8, 4) is 0 Å². The van der Waals surface area contributed by atoms with E-state index in [-0.39, 0.29) is 18.4 Å². The number of methoxy groups -OCH3 is 1. The van der Waals surface area contributed by atoms with Crippen molar-refractivity contribution >= 4 is 17.7 Å². The Kier molecular flexibility index (Phi) is 7.51. The predicted molar refractivity (Wildman–Crippen MR) is 136 cm³/mol. The molecule has 180 valence electrons.